The van der Waals surface area contributed by atoms with Gasteiger partial charge in [0, 0.05) is 34.9 Å². The van der Waals surface area contributed by atoms with E-state index in [1.165, 1.54) is 18.1 Å². The highest BCUT2D eigenvalue weighted by Gasteiger charge is 2.18. The van der Waals surface area contributed by atoms with Gasteiger partial charge in [-0.15, -0.1) is 11.6 Å². The number of nitrogens with one attached hydrogen (secondary N) is 1. The van der Waals surface area contributed by atoms with Gasteiger partial charge in [0.15, 0.2) is 0 Å². The molecule has 0 saturated carbocycles. The maximum Gasteiger partial charge on any atom is 0.419 e. The predicted molar refractivity (Wildman–Crippen MR) is 98.0 cm³/mol. The van der Waals surface area contributed by atoms with Crippen molar-refractivity contribution in [2.45, 2.75) is 0 Å². The molecule has 132 valence electrons. The van der Waals surface area contributed by atoms with Crippen molar-refractivity contribution in [1.29, 1.82) is 0 Å². The quantitative estimate of drug-likeness (QED) is 0.756. The number of rotatable bonds is 5. The van der Waals surface area contributed by atoms with Crippen molar-refractivity contribution < 1.29 is 19.1 Å². The first-order valence-electron chi connectivity index (χ1n) is 7.29. The number of nitrogens with zero attached hydrogens (tertiary/aromatic N) is 1. The van der Waals surface area contributed by atoms with Crippen LogP contribution in [0.15, 0.2) is 48.5 Å². The van der Waals surface area contributed by atoms with E-state index in [-0.39, 0.29) is 18.2 Å². The van der Waals surface area contributed by atoms with Gasteiger partial charge in [0.1, 0.15) is 5.75 Å². The molecular formula is C17H16Cl2N2O4. The average Bonchev–Trinajstić information content (AvgIpc) is 2.59. The summed E-state index contributed by atoms with van der Waals surface area (Å²) in [5, 5.41) is 2.99. The number of hydrogen-bond acceptors (Lipinski definition) is 4. The highest BCUT2D eigenvalue weighted by atomic mass is 35.5. The summed E-state index contributed by atoms with van der Waals surface area (Å²) in [5.41, 5.74) is 1.01. The standard InChI is InChI=1S/C17H16Cl2N2O4/c1-24-16(22)20-13-5-3-7-15(11-13)25-17(23)21(9-8-18)14-6-2-4-12(19)10-14/h2-7,10-11H,8-9H2,1H3,(H,20,22). The van der Waals surface area contributed by atoms with Gasteiger partial charge >= 0.3 is 12.2 Å². The molecule has 0 spiro atoms. The Balaban J connectivity index is 2.15. The minimum absolute atomic E-state index is 0.228. The van der Waals surface area contributed by atoms with Crippen molar-refractivity contribution in [2.75, 3.05) is 29.8 Å². The maximum atomic E-state index is 12.5. The van der Waals surface area contributed by atoms with Crippen molar-refractivity contribution in [3.63, 3.8) is 0 Å². The fourth-order valence-corrected chi connectivity index (χ4v) is 2.37. The molecule has 2 aromatic carbocycles. The lowest BCUT2D eigenvalue weighted by Gasteiger charge is -2.21. The maximum absolute atomic E-state index is 12.5. The molecule has 0 aliphatic rings. The number of carbonyl (C=O) groups is 2. The molecule has 0 aromatic heterocycles. The van der Waals surface area contributed by atoms with Gasteiger partial charge in [-0.3, -0.25) is 10.2 Å². The van der Waals surface area contributed by atoms with Crippen LogP contribution < -0.4 is 15.0 Å². The van der Waals surface area contributed by atoms with E-state index < -0.39 is 12.2 Å². The van der Waals surface area contributed by atoms with Crippen LogP contribution in [0.5, 0.6) is 5.75 Å². The number of benzene rings is 2. The largest absolute Gasteiger partial charge is 0.453 e. The van der Waals surface area contributed by atoms with E-state index in [2.05, 4.69) is 10.1 Å². The lowest BCUT2D eigenvalue weighted by molar-refractivity contribution is 0.187. The van der Waals surface area contributed by atoms with Crippen LogP contribution in [-0.4, -0.2) is 31.7 Å². The Labute approximate surface area is 155 Å². The molecule has 6 nitrogen and oxygen atoms in total. The van der Waals surface area contributed by atoms with Crippen LogP contribution in [0.1, 0.15) is 0 Å². The number of alkyl halides is 1. The zero-order chi connectivity index (χ0) is 18.2. The van der Waals surface area contributed by atoms with Crippen LogP contribution in [0.2, 0.25) is 5.02 Å². The summed E-state index contributed by atoms with van der Waals surface area (Å²) < 4.78 is 9.89. The zero-order valence-electron chi connectivity index (χ0n) is 13.4. The summed E-state index contributed by atoms with van der Waals surface area (Å²) >= 11 is 11.8. The van der Waals surface area contributed by atoms with E-state index in [0.717, 1.165) is 0 Å². The van der Waals surface area contributed by atoms with Gasteiger partial charge in [-0.2, -0.15) is 0 Å². The minimum Gasteiger partial charge on any atom is -0.453 e. The minimum atomic E-state index is -0.619. The first-order valence-corrected chi connectivity index (χ1v) is 8.20. The van der Waals surface area contributed by atoms with Crippen LogP contribution in [0.4, 0.5) is 21.0 Å². The second kappa shape index (κ2) is 9.15. The first kappa shape index (κ1) is 18.9. The Bertz CT molecular complexity index is 755. The van der Waals surface area contributed by atoms with Crippen molar-refractivity contribution in [2.24, 2.45) is 0 Å². The topological polar surface area (TPSA) is 67.9 Å². The van der Waals surface area contributed by atoms with Gasteiger partial charge in [-0.05, 0) is 30.3 Å². The number of ether oxygens (including phenoxy) is 2. The average molecular weight is 383 g/mol. The van der Waals surface area contributed by atoms with Gasteiger partial charge in [-0.25, -0.2) is 9.59 Å². The lowest BCUT2D eigenvalue weighted by Crippen LogP contribution is -2.35. The first-order chi connectivity index (χ1) is 12.0. The molecule has 25 heavy (non-hydrogen) atoms. The molecule has 0 aliphatic carbocycles. The van der Waals surface area contributed by atoms with Crippen LogP contribution in [0.3, 0.4) is 0 Å². The Morgan fingerprint density at radius 3 is 2.60 bits per heavy atom. The van der Waals surface area contributed by atoms with Crippen LogP contribution in [0, 0.1) is 0 Å². The molecular weight excluding hydrogens is 367 g/mol. The summed E-state index contributed by atoms with van der Waals surface area (Å²) in [5.74, 6) is 0.492. The molecule has 8 heteroatoms. The molecule has 0 atom stereocenters. The van der Waals surface area contributed by atoms with E-state index in [1.807, 2.05) is 0 Å². The Morgan fingerprint density at radius 2 is 1.92 bits per heavy atom. The highest BCUT2D eigenvalue weighted by molar-refractivity contribution is 6.30. The number of halogens is 2. The third kappa shape index (κ3) is 5.55. The van der Waals surface area contributed by atoms with Gasteiger partial charge in [0.2, 0.25) is 0 Å². The number of hydrogen-bond donors (Lipinski definition) is 1. The van der Waals surface area contributed by atoms with E-state index >= 15 is 0 Å². The smallest absolute Gasteiger partial charge is 0.419 e. The number of amides is 2. The molecule has 0 heterocycles. The summed E-state index contributed by atoms with van der Waals surface area (Å²) in [4.78, 5) is 25.1. The zero-order valence-corrected chi connectivity index (χ0v) is 14.9. The summed E-state index contributed by atoms with van der Waals surface area (Å²) in [7, 11) is 1.26. The van der Waals surface area contributed by atoms with Crippen LogP contribution >= 0.6 is 23.2 Å². The van der Waals surface area contributed by atoms with E-state index in [4.69, 9.17) is 27.9 Å². The van der Waals surface area contributed by atoms with E-state index in [1.54, 1.807) is 42.5 Å². The summed E-state index contributed by atoms with van der Waals surface area (Å²) in [6.45, 7) is 0.251. The molecule has 0 unspecified atom stereocenters. The molecule has 1 N–H and O–H groups in total. The number of carbonyl (C=O) groups excluding carboxylic acids is 2. The predicted octanol–water partition coefficient (Wildman–Crippen LogP) is 4.76. The van der Waals surface area contributed by atoms with E-state index in [0.29, 0.717) is 16.4 Å². The van der Waals surface area contributed by atoms with Crippen molar-refractivity contribution in [3.8, 4) is 5.75 Å². The van der Waals surface area contributed by atoms with Crippen molar-refractivity contribution >= 4 is 46.8 Å². The second-order valence-electron chi connectivity index (χ2n) is 4.83. The molecule has 2 aromatic rings. The second-order valence-corrected chi connectivity index (χ2v) is 5.65. The summed E-state index contributed by atoms with van der Waals surface area (Å²) in [6.07, 6.45) is -1.23. The third-order valence-electron chi connectivity index (χ3n) is 3.12. The molecule has 2 rings (SSSR count). The lowest BCUT2D eigenvalue weighted by atomic mass is 10.3. The third-order valence-corrected chi connectivity index (χ3v) is 3.52. The molecule has 0 fully saturated rings. The van der Waals surface area contributed by atoms with Gasteiger partial charge in [0.05, 0.1) is 7.11 Å². The number of methoxy groups -OCH3 is 1. The van der Waals surface area contributed by atoms with Gasteiger partial charge in [-0.1, -0.05) is 23.7 Å². The Hall–Kier alpha value is -2.44. The fraction of sp³-hybridized carbons (Fsp3) is 0.176. The van der Waals surface area contributed by atoms with E-state index in [9.17, 15) is 9.59 Å². The summed E-state index contributed by atoms with van der Waals surface area (Å²) in [6, 6.07) is 13.2. The monoisotopic (exact) mass is 382 g/mol. The highest BCUT2D eigenvalue weighted by Crippen LogP contribution is 2.23. The number of anilines is 2. The molecule has 0 saturated heterocycles. The Morgan fingerprint density at radius 1 is 1.16 bits per heavy atom. The molecule has 0 bridgehead atoms. The fourth-order valence-electron chi connectivity index (χ4n) is 2.02. The SMILES string of the molecule is COC(=O)Nc1cccc(OC(=O)N(CCCl)c2cccc(Cl)c2)c1. The van der Waals surface area contributed by atoms with Crippen LogP contribution in [-0.2, 0) is 4.74 Å². The van der Waals surface area contributed by atoms with Gasteiger partial charge in [0.25, 0.3) is 0 Å². The van der Waals surface area contributed by atoms with Crippen molar-refractivity contribution in [1.82, 2.24) is 0 Å². The normalized spacial score (nSPS) is 10.0. The van der Waals surface area contributed by atoms with Gasteiger partial charge < -0.3 is 9.47 Å². The van der Waals surface area contributed by atoms with Crippen LogP contribution in [0.25, 0.3) is 0 Å². The molecule has 0 radical (unpaired) electrons. The van der Waals surface area contributed by atoms with Crippen molar-refractivity contribution in [3.05, 3.63) is 53.6 Å². The molecule has 0 aliphatic heterocycles. The Kier molecular flexibility index (Phi) is 6.91. The molecule has 2 amide bonds.